The van der Waals surface area contributed by atoms with Crippen molar-refractivity contribution < 1.29 is 26.7 Å². The molecule has 0 aliphatic rings. The molecular weight excluding hydrogens is 599 g/mol. The number of ether oxygens (including phenoxy) is 1. The molecule has 0 aliphatic carbocycles. The first kappa shape index (κ1) is 32.3. The van der Waals surface area contributed by atoms with Crippen LogP contribution in [0.25, 0.3) is 33.4 Å². The second-order valence-electron chi connectivity index (χ2n) is 10.8. The van der Waals surface area contributed by atoms with E-state index in [1.807, 2.05) is 25.1 Å². The predicted octanol–water partition coefficient (Wildman–Crippen LogP) is 12.1. The van der Waals surface area contributed by atoms with Gasteiger partial charge in [0, 0.05) is 22.1 Å². The lowest BCUT2D eigenvalue weighted by Gasteiger charge is -2.19. The average molecular weight is 633 g/mol. The molecule has 1 nitrogen and oxygen atoms in total. The number of hydrogen-bond donors (Lipinski definition) is 0. The molecular formula is C38H33F5OS. The summed E-state index contributed by atoms with van der Waals surface area (Å²) in [5.41, 5.74) is 3.56. The number of hydrogen-bond acceptors (Lipinski definition) is 2. The van der Waals surface area contributed by atoms with Crippen molar-refractivity contribution in [3.63, 3.8) is 0 Å². The van der Waals surface area contributed by atoms with Crippen LogP contribution in [0.5, 0.6) is 5.75 Å². The molecule has 0 unspecified atom stereocenters. The van der Waals surface area contributed by atoms with E-state index in [-0.39, 0.29) is 16.9 Å². The van der Waals surface area contributed by atoms with Gasteiger partial charge in [-0.25, -0.2) is 13.2 Å². The van der Waals surface area contributed by atoms with Crippen LogP contribution in [0.1, 0.15) is 44.2 Å². The van der Waals surface area contributed by atoms with Crippen molar-refractivity contribution in [3.8, 4) is 39.1 Å². The third-order valence-corrected chi connectivity index (χ3v) is 8.52. The molecule has 0 heterocycles. The Labute approximate surface area is 265 Å². The third kappa shape index (κ3) is 7.77. The number of aryl methyl sites for hydroxylation is 1. The molecule has 0 aliphatic heterocycles. The molecule has 0 N–H and O–H groups in total. The maximum Gasteiger partial charge on any atom is 0.426 e. The molecule has 0 saturated carbocycles. The van der Waals surface area contributed by atoms with E-state index in [9.17, 15) is 13.2 Å². The lowest BCUT2D eigenvalue weighted by Crippen LogP contribution is -2.21. The first-order chi connectivity index (χ1) is 21.7. The number of alkyl halides is 2. The number of thioether (sulfide) groups is 1. The largest absolute Gasteiger partial charge is 0.429 e. The Morgan fingerprint density at radius 2 is 1.20 bits per heavy atom. The highest BCUT2D eigenvalue weighted by Gasteiger charge is 2.34. The van der Waals surface area contributed by atoms with Gasteiger partial charge in [0.1, 0.15) is 23.2 Å². The van der Waals surface area contributed by atoms with E-state index in [4.69, 9.17) is 4.74 Å². The quantitative estimate of drug-likeness (QED) is 0.0769. The van der Waals surface area contributed by atoms with Crippen LogP contribution in [-0.2, 0) is 12.5 Å². The summed E-state index contributed by atoms with van der Waals surface area (Å²) in [5, 5.41) is 0. The highest BCUT2D eigenvalue weighted by Crippen LogP contribution is 2.36. The molecule has 0 amide bonds. The van der Waals surface area contributed by atoms with Gasteiger partial charge in [-0.2, -0.15) is 8.78 Å². The molecule has 0 radical (unpaired) electrons. The fourth-order valence-electron chi connectivity index (χ4n) is 5.16. The molecule has 7 heteroatoms. The van der Waals surface area contributed by atoms with Gasteiger partial charge in [-0.15, -0.1) is 11.8 Å². The van der Waals surface area contributed by atoms with Crippen LogP contribution in [0.2, 0.25) is 0 Å². The molecule has 232 valence electrons. The van der Waals surface area contributed by atoms with Crippen LogP contribution < -0.4 is 4.74 Å². The van der Waals surface area contributed by atoms with Crippen molar-refractivity contribution in [2.24, 2.45) is 0 Å². The van der Waals surface area contributed by atoms with Gasteiger partial charge in [-0.3, -0.25) is 0 Å². The zero-order chi connectivity index (χ0) is 32.0. The van der Waals surface area contributed by atoms with Gasteiger partial charge in [0.25, 0.3) is 0 Å². The first-order valence-electron chi connectivity index (χ1n) is 15.0. The minimum absolute atomic E-state index is 0.177. The van der Waals surface area contributed by atoms with Crippen molar-refractivity contribution in [1.29, 1.82) is 0 Å². The molecule has 0 fully saturated rings. The summed E-state index contributed by atoms with van der Waals surface area (Å²) < 4.78 is 79.2. The standard InChI is InChI=1S/C38H33F5OS/c1-3-5-6-7-25-8-10-26(11-9-25)28-14-19-33(34(39)22-28)29-15-20-32(35(40)23-29)27-12-16-30(17-13-27)38(42,43)44-31-18-21-37(45-4-2)36(41)24-31/h8-24H,3-7H2,1-2H3. The Kier molecular flexibility index (Phi) is 10.3. The summed E-state index contributed by atoms with van der Waals surface area (Å²) in [6.45, 7) is 4.03. The van der Waals surface area contributed by atoms with E-state index in [1.165, 1.54) is 72.6 Å². The molecule has 5 aromatic rings. The minimum Gasteiger partial charge on any atom is -0.429 e. The molecule has 0 saturated heterocycles. The Morgan fingerprint density at radius 3 is 1.82 bits per heavy atom. The van der Waals surface area contributed by atoms with Crippen LogP contribution in [0.4, 0.5) is 22.0 Å². The maximum absolute atomic E-state index is 15.3. The number of benzene rings is 5. The van der Waals surface area contributed by atoms with Gasteiger partial charge >= 0.3 is 6.11 Å². The van der Waals surface area contributed by atoms with Gasteiger partial charge in [0.15, 0.2) is 0 Å². The number of unbranched alkanes of at least 4 members (excludes halogenated alkanes) is 2. The van der Waals surface area contributed by atoms with E-state index >= 15 is 8.78 Å². The molecule has 0 aromatic heterocycles. The van der Waals surface area contributed by atoms with Crippen molar-refractivity contribution in [3.05, 3.63) is 132 Å². The normalized spacial score (nSPS) is 11.5. The lowest BCUT2D eigenvalue weighted by atomic mass is 9.96. The third-order valence-electron chi connectivity index (χ3n) is 7.59. The summed E-state index contributed by atoms with van der Waals surface area (Å²) >= 11 is 1.26. The van der Waals surface area contributed by atoms with Gasteiger partial charge in [0.2, 0.25) is 0 Å². The van der Waals surface area contributed by atoms with Crippen LogP contribution in [-0.4, -0.2) is 5.75 Å². The molecule has 0 spiro atoms. The molecule has 0 atom stereocenters. The average Bonchev–Trinajstić information content (AvgIpc) is 3.03. The van der Waals surface area contributed by atoms with Crippen molar-refractivity contribution in [2.75, 3.05) is 5.75 Å². The summed E-state index contributed by atoms with van der Waals surface area (Å²) in [6.07, 6.45) is 0.773. The summed E-state index contributed by atoms with van der Waals surface area (Å²) in [5.74, 6) is -1.40. The van der Waals surface area contributed by atoms with E-state index in [1.54, 1.807) is 12.1 Å². The second-order valence-corrected chi connectivity index (χ2v) is 12.1. The second kappa shape index (κ2) is 14.3. The van der Waals surface area contributed by atoms with Gasteiger partial charge in [-0.1, -0.05) is 87.4 Å². The highest BCUT2D eigenvalue weighted by atomic mass is 32.2. The van der Waals surface area contributed by atoms with Gasteiger partial charge < -0.3 is 4.74 Å². The smallest absolute Gasteiger partial charge is 0.426 e. The van der Waals surface area contributed by atoms with Crippen LogP contribution in [0.3, 0.4) is 0 Å². The number of halogens is 5. The zero-order valence-corrected chi connectivity index (χ0v) is 25.9. The Hall–Kier alpha value is -4.10. The predicted molar refractivity (Wildman–Crippen MR) is 173 cm³/mol. The molecule has 0 bridgehead atoms. The zero-order valence-electron chi connectivity index (χ0n) is 25.1. The summed E-state index contributed by atoms with van der Waals surface area (Å²) in [7, 11) is 0. The highest BCUT2D eigenvalue weighted by molar-refractivity contribution is 7.99. The maximum atomic E-state index is 15.3. The van der Waals surface area contributed by atoms with Gasteiger partial charge in [-0.05, 0) is 82.8 Å². The van der Waals surface area contributed by atoms with Crippen molar-refractivity contribution in [1.82, 2.24) is 0 Å². The Balaban J connectivity index is 1.29. The topological polar surface area (TPSA) is 9.23 Å². The molecule has 5 aromatic carbocycles. The van der Waals surface area contributed by atoms with Crippen LogP contribution in [0, 0.1) is 17.5 Å². The summed E-state index contributed by atoms with van der Waals surface area (Å²) in [6, 6.07) is 25.9. The first-order valence-corrected chi connectivity index (χ1v) is 16.0. The lowest BCUT2D eigenvalue weighted by molar-refractivity contribution is -0.185. The number of rotatable bonds is 12. The molecule has 5 rings (SSSR count). The fourth-order valence-corrected chi connectivity index (χ4v) is 5.83. The van der Waals surface area contributed by atoms with Crippen molar-refractivity contribution in [2.45, 2.75) is 50.5 Å². The van der Waals surface area contributed by atoms with E-state index in [0.29, 0.717) is 21.8 Å². The Bertz CT molecular complexity index is 1750. The SMILES string of the molecule is CCCCCc1ccc(-c2ccc(-c3ccc(-c4ccc(C(F)(F)Oc5ccc(SCC)c(F)c5)cc4)c(F)c3)c(F)c2)cc1. The van der Waals surface area contributed by atoms with Crippen molar-refractivity contribution >= 4 is 11.8 Å². The van der Waals surface area contributed by atoms with Crippen LogP contribution in [0.15, 0.2) is 108 Å². The van der Waals surface area contributed by atoms with Gasteiger partial charge in [0.05, 0.1) is 5.56 Å². The summed E-state index contributed by atoms with van der Waals surface area (Å²) in [4.78, 5) is 0.351. The molecule has 45 heavy (non-hydrogen) atoms. The van der Waals surface area contributed by atoms with E-state index in [0.717, 1.165) is 42.2 Å². The monoisotopic (exact) mass is 632 g/mol. The minimum atomic E-state index is -3.74. The van der Waals surface area contributed by atoms with E-state index in [2.05, 4.69) is 19.1 Å². The fraction of sp³-hybridized carbons (Fsp3) is 0.211. The Morgan fingerprint density at radius 1 is 0.600 bits per heavy atom. The van der Waals surface area contributed by atoms with Crippen LogP contribution >= 0.6 is 11.8 Å². The van der Waals surface area contributed by atoms with E-state index < -0.39 is 29.1 Å².